The van der Waals surface area contributed by atoms with Gasteiger partial charge in [0.2, 0.25) is 0 Å². The number of halogens is 4. The van der Waals surface area contributed by atoms with Gasteiger partial charge in [-0.15, -0.1) is 5.10 Å². The van der Waals surface area contributed by atoms with Gasteiger partial charge in [-0.1, -0.05) is 5.21 Å². The highest BCUT2D eigenvalue weighted by Crippen LogP contribution is 2.55. The number of hydrogen-bond acceptors (Lipinski definition) is 3. The Morgan fingerprint density at radius 1 is 1.53 bits per heavy atom. The van der Waals surface area contributed by atoms with E-state index >= 15 is 0 Å². The number of nitrogens with zero attached hydrogens (tertiary/aromatic N) is 3. The van der Waals surface area contributed by atoms with Crippen LogP contribution in [0.15, 0.2) is 6.20 Å². The summed E-state index contributed by atoms with van der Waals surface area (Å²) in [4.78, 5) is 10.9. The molecule has 2 rings (SSSR count). The van der Waals surface area contributed by atoms with E-state index in [0.717, 1.165) is 4.68 Å². The Labute approximate surface area is 93.6 Å². The SMILES string of the molecule is CC(=O)c1cn(CC2CC(F)(F)C2(F)F)nn1. The number of hydrogen-bond donors (Lipinski definition) is 0. The number of carbonyl (C=O) groups excluding carboxylic acids is 1. The van der Waals surface area contributed by atoms with Gasteiger partial charge in [0.25, 0.3) is 0 Å². The van der Waals surface area contributed by atoms with Crippen LogP contribution in [0.2, 0.25) is 0 Å². The number of rotatable bonds is 3. The smallest absolute Gasteiger partial charge is 0.293 e. The van der Waals surface area contributed by atoms with Crippen molar-refractivity contribution in [2.75, 3.05) is 0 Å². The average molecular weight is 251 g/mol. The number of ketones is 1. The maximum atomic E-state index is 13.0. The van der Waals surface area contributed by atoms with Gasteiger partial charge in [0.1, 0.15) is 5.69 Å². The zero-order valence-electron chi connectivity index (χ0n) is 8.83. The van der Waals surface area contributed by atoms with Crippen LogP contribution < -0.4 is 0 Å². The van der Waals surface area contributed by atoms with Crippen LogP contribution in [-0.4, -0.2) is 32.6 Å². The molecule has 0 amide bonds. The summed E-state index contributed by atoms with van der Waals surface area (Å²) >= 11 is 0. The van der Waals surface area contributed by atoms with Crippen molar-refractivity contribution < 1.29 is 22.4 Å². The third-order valence-electron chi connectivity index (χ3n) is 2.81. The highest BCUT2D eigenvalue weighted by molar-refractivity contribution is 5.91. The molecule has 1 aromatic heterocycles. The number of carbonyl (C=O) groups is 1. The van der Waals surface area contributed by atoms with E-state index in [1.807, 2.05) is 0 Å². The van der Waals surface area contributed by atoms with E-state index in [1.54, 1.807) is 0 Å². The first-order chi connectivity index (χ1) is 7.74. The highest BCUT2D eigenvalue weighted by atomic mass is 19.3. The highest BCUT2D eigenvalue weighted by Gasteiger charge is 2.71. The van der Waals surface area contributed by atoms with Crippen LogP contribution in [-0.2, 0) is 6.54 Å². The van der Waals surface area contributed by atoms with E-state index in [-0.39, 0.29) is 18.0 Å². The summed E-state index contributed by atoms with van der Waals surface area (Å²) in [6.45, 7) is 0.878. The minimum atomic E-state index is -4.02. The third-order valence-corrected chi connectivity index (χ3v) is 2.81. The summed E-state index contributed by atoms with van der Waals surface area (Å²) in [6.07, 6.45) is 0.296. The van der Waals surface area contributed by atoms with Crippen molar-refractivity contribution in [1.29, 1.82) is 0 Å². The zero-order chi connectivity index (χ0) is 12.8. The van der Waals surface area contributed by atoms with Gasteiger partial charge in [-0.05, 0) is 0 Å². The van der Waals surface area contributed by atoms with Gasteiger partial charge in [0, 0.05) is 13.3 Å². The Bertz CT molecular complexity index is 457. The van der Waals surface area contributed by atoms with Gasteiger partial charge in [-0.2, -0.15) is 17.6 Å². The first-order valence-electron chi connectivity index (χ1n) is 4.91. The summed E-state index contributed by atoms with van der Waals surface area (Å²) in [6, 6.07) is 0. The van der Waals surface area contributed by atoms with E-state index in [9.17, 15) is 22.4 Å². The molecule has 1 heterocycles. The van der Waals surface area contributed by atoms with Crippen LogP contribution in [0.5, 0.6) is 0 Å². The fourth-order valence-corrected chi connectivity index (χ4v) is 1.70. The lowest BCUT2D eigenvalue weighted by Gasteiger charge is -2.43. The van der Waals surface area contributed by atoms with Crippen LogP contribution >= 0.6 is 0 Å². The fourth-order valence-electron chi connectivity index (χ4n) is 1.70. The molecule has 0 bridgehead atoms. The van der Waals surface area contributed by atoms with Crippen LogP contribution in [0, 0.1) is 5.92 Å². The van der Waals surface area contributed by atoms with Gasteiger partial charge >= 0.3 is 11.8 Å². The van der Waals surface area contributed by atoms with Crippen molar-refractivity contribution in [3.63, 3.8) is 0 Å². The molecule has 1 aliphatic rings. The lowest BCUT2D eigenvalue weighted by atomic mass is 9.77. The Balaban J connectivity index is 2.06. The Morgan fingerprint density at radius 2 is 2.18 bits per heavy atom. The molecule has 0 radical (unpaired) electrons. The van der Waals surface area contributed by atoms with Gasteiger partial charge in [0.05, 0.1) is 18.7 Å². The molecule has 0 spiro atoms. The predicted molar refractivity (Wildman–Crippen MR) is 48.0 cm³/mol. The standard InChI is InChI=1S/C9H9F4N3O/c1-5(17)7-4-16(15-14-7)3-6-2-8(10,11)9(6,12)13/h4,6H,2-3H2,1H3. The van der Waals surface area contributed by atoms with Crippen LogP contribution in [0.1, 0.15) is 23.8 Å². The lowest BCUT2D eigenvalue weighted by molar-refractivity contribution is -0.316. The maximum Gasteiger partial charge on any atom is 0.314 e. The number of alkyl halides is 4. The monoisotopic (exact) mass is 251 g/mol. The molecule has 0 saturated heterocycles. The van der Waals surface area contributed by atoms with Gasteiger partial charge in [-0.3, -0.25) is 9.48 Å². The Morgan fingerprint density at radius 3 is 2.59 bits per heavy atom. The quantitative estimate of drug-likeness (QED) is 0.607. The van der Waals surface area contributed by atoms with Gasteiger partial charge in [0.15, 0.2) is 5.78 Å². The molecule has 4 nitrogen and oxygen atoms in total. The molecule has 1 aliphatic carbocycles. The fraction of sp³-hybridized carbons (Fsp3) is 0.667. The van der Waals surface area contributed by atoms with Crippen molar-refractivity contribution in [3.8, 4) is 0 Å². The topological polar surface area (TPSA) is 47.8 Å². The minimum absolute atomic E-state index is 0.0272. The third kappa shape index (κ3) is 1.81. The van der Waals surface area contributed by atoms with Crippen molar-refractivity contribution in [2.45, 2.75) is 31.7 Å². The molecule has 1 saturated carbocycles. The molecular formula is C9H9F4N3O. The van der Waals surface area contributed by atoms with E-state index in [2.05, 4.69) is 10.3 Å². The molecule has 0 aliphatic heterocycles. The summed E-state index contributed by atoms with van der Waals surface area (Å²) in [5.41, 5.74) is 0.0272. The minimum Gasteiger partial charge on any atom is -0.293 e. The second-order valence-electron chi connectivity index (χ2n) is 4.11. The number of aromatic nitrogens is 3. The largest absolute Gasteiger partial charge is 0.314 e. The first-order valence-corrected chi connectivity index (χ1v) is 4.91. The maximum absolute atomic E-state index is 13.0. The van der Waals surface area contributed by atoms with Gasteiger partial charge in [-0.25, -0.2) is 0 Å². The second-order valence-corrected chi connectivity index (χ2v) is 4.11. The predicted octanol–water partition coefficient (Wildman–Crippen LogP) is 1.77. The Kier molecular flexibility index (Phi) is 2.48. The average Bonchev–Trinajstić information content (AvgIpc) is 2.65. The van der Waals surface area contributed by atoms with Crippen molar-refractivity contribution in [2.24, 2.45) is 5.92 Å². The van der Waals surface area contributed by atoms with Crippen molar-refractivity contribution in [1.82, 2.24) is 15.0 Å². The van der Waals surface area contributed by atoms with E-state index in [1.165, 1.54) is 13.1 Å². The summed E-state index contributed by atoms with van der Waals surface area (Å²) in [7, 11) is 0. The molecule has 0 aromatic carbocycles. The molecule has 1 unspecified atom stereocenters. The first kappa shape index (κ1) is 12.0. The van der Waals surface area contributed by atoms with Crippen LogP contribution in [0.4, 0.5) is 17.6 Å². The summed E-state index contributed by atoms with van der Waals surface area (Å²) in [5.74, 6) is -9.79. The molecule has 1 atom stereocenters. The van der Waals surface area contributed by atoms with E-state index in [4.69, 9.17) is 0 Å². The van der Waals surface area contributed by atoms with Crippen molar-refractivity contribution >= 4 is 5.78 Å². The normalized spacial score (nSPS) is 25.4. The molecule has 0 N–H and O–H groups in total. The summed E-state index contributed by atoms with van der Waals surface area (Å²) in [5, 5.41) is 6.88. The number of Topliss-reactive ketones (excluding diaryl/α,β-unsaturated/α-hetero) is 1. The molecule has 1 fully saturated rings. The molecule has 8 heteroatoms. The second kappa shape index (κ2) is 3.51. The van der Waals surface area contributed by atoms with Crippen molar-refractivity contribution in [3.05, 3.63) is 11.9 Å². The Hall–Kier alpha value is -1.47. The molecule has 17 heavy (non-hydrogen) atoms. The van der Waals surface area contributed by atoms with Crippen LogP contribution in [0.25, 0.3) is 0 Å². The van der Waals surface area contributed by atoms with Gasteiger partial charge < -0.3 is 0 Å². The van der Waals surface area contributed by atoms with E-state index < -0.39 is 24.2 Å². The summed E-state index contributed by atoms with van der Waals surface area (Å²) < 4.78 is 52.0. The van der Waals surface area contributed by atoms with E-state index in [0.29, 0.717) is 0 Å². The molecule has 94 valence electrons. The molecular weight excluding hydrogens is 242 g/mol. The zero-order valence-corrected chi connectivity index (χ0v) is 8.83. The molecule has 1 aromatic rings. The lowest BCUT2D eigenvalue weighted by Crippen LogP contribution is -2.59. The van der Waals surface area contributed by atoms with Crippen LogP contribution in [0.3, 0.4) is 0 Å².